The number of hydrogen-bond donors (Lipinski definition) is 2. The lowest BCUT2D eigenvalue weighted by Crippen LogP contribution is -2.45. The molecule has 2 fully saturated rings. The van der Waals surface area contributed by atoms with E-state index >= 15 is 0 Å². The maximum absolute atomic E-state index is 12.1. The molecule has 6 heteroatoms. The van der Waals surface area contributed by atoms with E-state index in [0.29, 0.717) is 19.4 Å². The van der Waals surface area contributed by atoms with Gasteiger partial charge in [-0.15, -0.1) is 0 Å². The fraction of sp³-hybridized carbons (Fsp3) is 0.857. The van der Waals surface area contributed by atoms with Crippen LogP contribution in [0.15, 0.2) is 0 Å². The second kappa shape index (κ2) is 6.92. The highest BCUT2D eigenvalue weighted by molar-refractivity contribution is 5.75. The Kier molecular flexibility index (Phi) is 5.23. The van der Waals surface area contributed by atoms with Crippen molar-refractivity contribution >= 4 is 12.0 Å². The number of carboxylic acid groups (broad SMARTS) is 1. The van der Waals surface area contributed by atoms with Crippen LogP contribution >= 0.6 is 0 Å². The van der Waals surface area contributed by atoms with Gasteiger partial charge < -0.3 is 20.1 Å². The van der Waals surface area contributed by atoms with Crippen LogP contribution in [-0.2, 0) is 9.53 Å². The Balaban J connectivity index is 1.72. The first kappa shape index (κ1) is 15.1. The topological polar surface area (TPSA) is 78.9 Å². The van der Waals surface area contributed by atoms with E-state index in [4.69, 9.17) is 9.84 Å². The molecule has 0 aromatic rings. The molecule has 20 heavy (non-hydrogen) atoms. The number of aliphatic carboxylic acids is 1. The van der Waals surface area contributed by atoms with Gasteiger partial charge in [0.1, 0.15) is 0 Å². The van der Waals surface area contributed by atoms with Crippen molar-refractivity contribution in [3.63, 3.8) is 0 Å². The number of rotatable bonds is 4. The summed E-state index contributed by atoms with van der Waals surface area (Å²) in [7, 11) is 1.76. The Morgan fingerprint density at radius 3 is 2.70 bits per heavy atom. The molecule has 0 bridgehead atoms. The van der Waals surface area contributed by atoms with Gasteiger partial charge in [-0.3, -0.25) is 4.79 Å². The highest BCUT2D eigenvalue weighted by atomic mass is 16.5. The Morgan fingerprint density at radius 1 is 1.30 bits per heavy atom. The molecule has 2 rings (SSSR count). The van der Waals surface area contributed by atoms with Crippen molar-refractivity contribution in [3.8, 4) is 0 Å². The SMILES string of the molecule is CN(CC1CCCCO1)C(=O)NC1CCC(C(=O)O)C1. The number of carboxylic acids is 1. The summed E-state index contributed by atoms with van der Waals surface area (Å²) in [6.07, 6.45) is 5.33. The Bertz CT molecular complexity index is 355. The number of carbonyl (C=O) groups excluding carboxylic acids is 1. The summed E-state index contributed by atoms with van der Waals surface area (Å²) in [6.45, 7) is 1.38. The van der Waals surface area contributed by atoms with E-state index in [-0.39, 0.29) is 24.1 Å². The average Bonchev–Trinajstić information content (AvgIpc) is 2.88. The molecule has 1 aliphatic heterocycles. The van der Waals surface area contributed by atoms with Gasteiger partial charge in [0.15, 0.2) is 0 Å². The quantitative estimate of drug-likeness (QED) is 0.819. The van der Waals surface area contributed by atoms with Gasteiger partial charge >= 0.3 is 12.0 Å². The second-order valence-corrected chi connectivity index (χ2v) is 5.86. The van der Waals surface area contributed by atoms with Crippen molar-refractivity contribution < 1.29 is 19.4 Å². The van der Waals surface area contributed by atoms with Gasteiger partial charge in [-0.05, 0) is 38.5 Å². The standard InChI is InChI=1S/C14H24N2O4/c1-16(9-12-4-2-3-7-20-12)14(19)15-11-6-5-10(8-11)13(17)18/h10-12H,2-9H2,1H3,(H,15,19)(H,17,18). The van der Waals surface area contributed by atoms with Crippen molar-refractivity contribution in [3.05, 3.63) is 0 Å². The van der Waals surface area contributed by atoms with E-state index in [9.17, 15) is 9.59 Å². The van der Waals surface area contributed by atoms with Gasteiger partial charge in [0.25, 0.3) is 0 Å². The highest BCUT2D eigenvalue weighted by Gasteiger charge is 2.31. The molecule has 1 saturated heterocycles. The van der Waals surface area contributed by atoms with Gasteiger partial charge in [-0.1, -0.05) is 0 Å². The lowest BCUT2D eigenvalue weighted by atomic mass is 10.1. The van der Waals surface area contributed by atoms with E-state index in [1.807, 2.05) is 0 Å². The van der Waals surface area contributed by atoms with Crippen molar-refractivity contribution in [2.75, 3.05) is 20.2 Å². The largest absolute Gasteiger partial charge is 0.481 e. The van der Waals surface area contributed by atoms with Gasteiger partial charge in [-0.25, -0.2) is 4.79 Å². The zero-order valence-corrected chi connectivity index (χ0v) is 12.0. The first-order valence-corrected chi connectivity index (χ1v) is 7.42. The number of ether oxygens (including phenoxy) is 1. The molecular formula is C14H24N2O4. The van der Waals surface area contributed by atoms with Crippen LogP contribution in [0.25, 0.3) is 0 Å². The van der Waals surface area contributed by atoms with Crippen LogP contribution in [-0.4, -0.2) is 54.4 Å². The minimum absolute atomic E-state index is 0.0154. The predicted octanol–water partition coefficient (Wildman–Crippen LogP) is 1.45. The fourth-order valence-corrected chi connectivity index (χ4v) is 2.96. The number of nitrogens with zero attached hydrogens (tertiary/aromatic N) is 1. The monoisotopic (exact) mass is 284 g/mol. The van der Waals surface area contributed by atoms with Gasteiger partial charge in [-0.2, -0.15) is 0 Å². The second-order valence-electron chi connectivity index (χ2n) is 5.86. The lowest BCUT2D eigenvalue weighted by molar-refractivity contribution is -0.141. The first-order chi connectivity index (χ1) is 9.56. The molecule has 2 aliphatic rings. The molecule has 2 N–H and O–H groups in total. The summed E-state index contributed by atoms with van der Waals surface area (Å²) in [4.78, 5) is 24.6. The van der Waals surface area contributed by atoms with Crippen molar-refractivity contribution in [1.82, 2.24) is 10.2 Å². The van der Waals surface area contributed by atoms with Crippen LogP contribution in [0, 0.1) is 5.92 Å². The number of carbonyl (C=O) groups is 2. The summed E-state index contributed by atoms with van der Waals surface area (Å²) < 4.78 is 5.62. The molecule has 3 atom stereocenters. The Hall–Kier alpha value is -1.30. The number of nitrogens with one attached hydrogen (secondary N) is 1. The van der Waals surface area contributed by atoms with Gasteiger partial charge in [0.05, 0.1) is 12.0 Å². The molecule has 1 saturated carbocycles. The third-order valence-corrected chi connectivity index (χ3v) is 4.21. The normalized spacial score (nSPS) is 29.9. The summed E-state index contributed by atoms with van der Waals surface area (Å²) in [6, 6.07) is -0.145. The molecule has 114 valence electrons. The van der Waals surface area contributed by atoms with Gasteiger partial charge in [0.2, 0.25) is 0 Å². The van der Waals surface area contributed by atoms with Crippen LogP contribution in [0.5, 0.6) is 0 Å². The average molecular weight is 284 g/mol. The maximum Gasteiger partial charge on any atom is 0.317 e. The number of likely N-dealkylation sites (N-methyl/N-ethyl adjacent to an activating group) is 1. The Labute approximate surface area is 119 Å². The summed E-state index contributed by atoms with van der Waals surface area (Å²) in [5, 5.41) is 11.9. The predicted molar refractivity (Wildman–Crippen MR) is 73.5 cm³/mol. The van der Waals surface area contributed by atoms with Gasteiger partial charge in [0, 0.05) is 26.2 Å². The summed E-state index contributed by atoms with van der Waals surface area (Å²) in [5.41, 5.74) is 0. The van der Waals surface area contributed by atoms with Crippen molar-refractivity contribution in [1.29, 1.82) is 0 Å². The molecule has 3 unspecified atom stereocenters. The third kappa shape index (κ3) is 4.10. The Morgan fingerprint density at radius 2 is 2.10 bits per heavy atom. The van der Waals surface area contributed by atoms with E-state index in [0.717, 1.165) is 32.3 Å². The fourth-order valence-electron chi connectivity index (χ4n) is 2.96. The van der Waals surface area contributed by atoms with E-state index in [1.54, 1.807) is 11.9 Å². The minimum Gasteiger partial charge on any atom is -0.481 e. The van der Waals surface area contributed by atoms with Crippen LogP contribution in [0.2, 0.25) is 0 Å². The molecule has 2 amide bonds. The molecule has 0 radical (unpaired) electrons. The third-order valence-electron chi connectivity index (χ3n) is 4.21. The van der Waals surface area contributed by atoms with Crippen LogP contribution in [0.4, 0.5) is 4.79 Å². The van der Waals surface area contributed by atoms with E-state index in [1.165, 1.54) is 0 Å². The molecular weight excluding hydrogens is 260 g/mol. The molecule has 1 heterocycles. The number of urea groups is 1. The van der Waals surface area contributed by atoms with Crippen molar-refractivity contribution in [2.24, 2.45) is 5.92 Å². The minimum atomic E-state index is -0.759. The summed E-state index contributed by atoms with van der Waals surface area (Å²) in [5.74, 6) is -1.07. The van der Waals surface area contributed by atoms with Crippen molar-refractivity contribution in [2.45, 2.75) is 50.7 Å². The maximum atomic E-state index is 12.1. The van der Waals surface area contributed by atoms with E-state index < -0.39 is 5.97 Å². The van der Waals surface area contributed by atoms with Crippen LogP contribution < -0.4 is 5.32 Å². The molecule has 0 aromatic carbocycles. The van der Waals surface area contributed by atoms with Crippen LogP contribution in [0.3, 0.4) is 0 Å². The molecule has 6 nitrogen and oxygen atoms in total. The molecule has 0 aromatic heterocycles. The summed E-state index contributed by atoms with van der Waals surface area (Å²) >= 11 is 0. The zero-order valence-electron chi connectivity index (χ0n) is 12.0. The number of hydrogen-bond acceptors (Lipinski definition) is 3. The first-order valence-electron chi connectivity index (χ1n) is 7.42. The lowest BCUT2D eigenvalue weighted by Gasteiger charge is -2.28. The number of amides is 2. The van der Waals surface area contributed by atoms with E-state index in [2.05, 4.69) is 5.32 Å². The zero-order chi connectivity index (χ0) is 14.5. The smallest absolute Gasteiger partial charge is 0.317 e. The highest BCUT2D eigenvalue weighted by Crippen LogP contribution is 2.25. The van der Waals surface area contributed by atoms with Crippen LogP contribution in [0.1, 0.15) is 38.5 Å². The molecule has 0 spiro atoms. The molecule has 1 aliphatic carbocycles.